The standard InChI is InChI=1S/C49H56N4O2.C17H14N2O/c1-7-47(8-2,35-54-43-33-31-37-23-19-21-29-41(37)45(43)52-50-39-25-15-13-16-26-39)49(11-5,12-6)48(9-3,10-4)36-55-44-34-32-38-24-20-22-30-42(38)46(44)53-51-40-27-17-14-18-28-40;1-20-16-12-11-13-7-5-6-10-15(13)17(16)19-18-14-8-3-2-4-9-14/h13-34H,7-12,35-36H2,1-6H3;2-12H,1H3. The maximum absolute atomic E-state index is 7.06. The molecule has 0 saturated carbocycles. The van der Waals surface area contributed by atoms with Crippen molar-refractivity contribution in [1.82, 2.24) is 0 Å². The predicted molar refractivity (Wildman–Crippen MR) is 310 cm³/mol. The van der Waals surface area contributed by atoms with E-state index in [0.717, 1.165) is 122 Å². The molecule has 9 aromatic carbocycles. The molecule has 0 amide bonds. The van der Waals surface area contributed by atoms with E-state index in [1.165, 1.54) is 0 Å². The minimum Gasteiger partial charge on any atom is -0.494 e. The number of hydrogen-bond acceptors (Lipinski definition) is 9. The Morgan fingerprint density at radius 2 is 0.600 bits per heavy atom. The monoisotopic (exact) mass is 995 g/mol. The average Bonchev–Trinajstić information content (AvgIpc) is 3.48. The molecule has 0 N–H and O–H groups in total. The fourth-order valence-corrected chi connectivity index (χ4v) is 11.5. The number of methoxy groups -OCH3 is 1. The third-order valence-corrected chi connectivity index (χ3v) is 15.8. The molecule has 0 aromatic heterocycles. The van der Waals surface area contributed by atoms with Gasteiger partial charge in [0.1, 0.15) is 34.3 Å². The first-order chi connectivity index (χ1) is 36.8. The van der Waals surface area contributed by atoms with Crippen molar-refractivity contribution < 1.29 is 14.2 Å². The van der Waals surface area contributed by atoms with E-state index in [1.807, 2.05) is 121 Å². The highest BCUT2D eigenvalue weighted by Crippen LogP contribution is 2.63. The summed E-state index contributed by atoms with van der Waals surface area (Å²) in [6.45, 7) is 15.2. The Hall–Kier alpha value is -8.04. The van der Waals surface area contributed by atoms with Crippen LogP contribution in [0.15, 0.2) is 231 Å². The zero-order chi connectivity index (χ0) is 52.5. The van der Waals surface area contributed by atoms with Crippen molar-refractivity contribution in [3.63, 3.8) is 0 Å². The van der Waals surface area contributed by atoms with E-state index in [0.29, 0.717) is 13.2 Å². The summed E-state index contributed by atoms with van der Waals surface area (Å²) in [7, 11) is 1.64. The highest BCUT2D eigenvalue weighted by molar-refractivity contribution is 5.97. The molecule has 9 aromatic rings. The molecule has 0 fully saturated rings. The Morgan fingerprint density at radius 3 is 0.907 bits per heavy atom. The molecule has 9 heteroatoms. The molecule has 0 unspecified atom stereocenters. The molecule has 0 aliphatic rings. The molecule has 0 saturated heterocycles. The maximum atomic E-state index is 7.06. The molecule has 0 radical (unpaired) electrons. The number of nitrogens with zero attached hydrogens (tertiary/aromatic N) is 6. The van der Waals surface area contributed by atoms with Crippen LogP contribution in [0.25, 0.3) is 32.3 Å². The normalized spacial score (nSPS) is 12.2. The van der Waals surface area contributed by atoms with Crippen LogP contribution in [-0.2, 0) is 0 Å². The van der Waals surface area contributed by atoms with Crippen LogP contribution in [0.3, 0.4) is 0 Å². The van der Waals surface area contributed by atoms with Gasteiger partial charge in [0.2, 0.25) is 0 Å². The van der Waals surface area contributed by atoms with Crippen molar-refractivity contribution in [1.29, 1.82) is 0 Å². The fraction of sp³-hybridized carbons (Fsp3) is 0.273. The summed E-state index contributed by atoms with van der Waals surface area (Å²) in [5, 5.41) is 34.0. The lowest BCUT2D eigenvalue weighted by Gasteiger charge is -2.60. The van der Waals surface area contributed by atoms with E-state index >= 15 is 0 Å². The van der Waals surface area contributed by atoms with Crippen LogP contribution in [0.1, 0.15) is 80.1 Å². The van der Waals surface area contributed by atoms with E-state index in [4.69, 9.17) is 24.4 Å². The minimum atomic E-state index is -0.162. The van der Waals surface area contributed by atoms with E-state index < -0.39 is 0 Å². The Balaban J connectivity index is 0.000000310. The van der Waals surface area contributed by atoms with Gasteiger partial charge in [-0.05, 0) is 115 Å². The lowest BCUT2D eigenvalue weighted by atomic mass is 9.45. The van der Waals surface area contributed by atoms with Crippen LogP contribution in [0.4, 0.5) is 34.1 Å². The fourth-order valence-electron chi connectivity index (χ4n) is 11.5. The Kier molecular flexibility index (Phi) is 17.9. The smallest absolute Gasteiger partial charge is 0.147 e. The first-order valence-electron chi connectivity index (χ1n) is 26.6. The van der Waals surface area contributed by atoms with Gasteiger partial charge in [-0.3, -0.25) is 0 Å². The third-order valence-electron chi connectivity index (χ3n) is 15.8. The minimum absolute atomic E-state index is 0.113. The number of rotatable bonds is 21. The molecular weight excluding hydrogens is 925 g/mol. The topological polar surface area (TPSA) is 102 Å². The maximum Gasteiger partial charge on any atom is 0.147 e. The lowest BCUT2D eigenvalue weighted by Crippen LogP contribution is -2.57. The quantitative estimate of drug-likeness (QED) is 0.0670. The van der Waals surface area contributed by atoms with Crippen molar-refractivity contribution in [3.8, 4) is 17.2 Å². The van der Waals surface area contributed by atoms with Crippen molar-refractivity contribution in [3.05, 3.63) is 200 Å². The summed E-state index contributed by atoms with van der Waals surface area (Å²) < 4.78 is 19.5. The van der Waals surface area contributed by atoms with Crippen LogP contribution in [0, 0.1) is 16.2 Å². The second-order valence-electron chi connectivity index (χ2n) is 19.1. The van der Waals surface area contributed by atoms with E-state index in [9.17, 15) is 0 Å². The van der Waals surface area contributed by atoms with Gasteiger partial charge in [-0.15, -0.1) is 15.3 Å². The zero-order valence-corrected chi connectivity index (χ0v) is 44.6. The van der Waals surface area contributed by atoms with Gasteiger partial charge < -0.3 is 14.2 Å². The number of ether oxygens (including phenoxy) is 3. The molecule has 382 valence electrons. The molecule has 0 heterocycles. The van der Waals surface area contributed by atoms with Gasteiger partial charge in [-0.2, -0.15) is 15.3 Å². The van der Waals surface area contributed by atoms with Gasteiger partial charge in [-0.25, -0.2) is 0 Å². The Labute approximate surface area is 443 Å². The summed E-state index contributed by atoms with van der Waals surface area (Å²) in [4.78, 5) is 0. The van der Waals surface area contributed by atoms with Gasteiger partial charge >= 0.3 is 0 Å². The van der Waals surface area contributed by atoms with Gasteiger partial charge in [-0.1, -0.05) is 187 Å². The van der Waals surface area contributed by atoms with Crippen molar-refractivity contribution in [2.45, 2.75) is 80.1 Å². The molecule has 0 atom stereocenters. The Bertz CT molecular complexity index is 3190. The van der Waals surface area contributed by atoms with Gasteiger partial charge in [0.25, 0.3) is 0 Å². The van der Waals surface area contributed by atoms with Gasteiger partial charge in [0.05, 0.1) is 37.4 Å². The Morgan fingerprint density at radius 1 is 0.307 bits per heavy atom. The molecule has 0 aliphatic carbocycles. The van der Waals surface area contributed by atoms with Crippen LogP contribution < -0.4 is 14.2 Å². The van der Waals surface area contributed by atoms with Crippen molar-refractivity contribution in [2.75, 3.05) is 20.3 Å². The van der Waals surface area contributed by atoms with Crippen molar-refractivity contribution >= 4 is 66.4 Å². The number of hydrogen-bond donors (Lipinski definition) is 0. The number of azo groups is 3. The highest BCUT2D eigenvalue weighted by Gasteiger charge is 2.58. The summed E-state index contributed by atoms with van der Waals surface area (Å²) in [6, 6.07) is 66.5. The van der Waals surface area contributed by atoms with E-state index in [-0.39, 0.29) is 16.2 Å². The summed E-state index contributed by atoms with van der Waals surface area (Å²) in [5.74, 6) is 2.23. The molecule has 9 nitrogen and oxygen atoms in total. The van der Waals surface area contributed by atoms with Crippen LogP contribution in [0.5, 0.6) is 17.2 Å². The van der Waals surface area contributed by atoms with Crippen LogP contribution >= 0.6 is 0 Å². The molecule has 75 heavy (non-hydrogen) atoms. The zero-order valence-electron chi connectivity index (χ0n) is 44.6. The second kappa shape index (κ2) is 25.3. The SMILES string of the molecule is CCC(CC)(COc1ccc2ccccc2c1N=Nc1ccccc1)C(CC)(CC)C(CC)(CC)COc1ccc2ccccc2c1N=Nc1ccccc1.COc1ccc2ccccc2c1N=Nc1ccccc1. The number of benzene rings is 9. The largest absolute Gasteiger partial charge is 0.494 e. The second-order valence-corrected chi connectivity index (χ2v) is 19.1. The summed E-state index contributed by atoms with van der Waals surface area (Å²) in [5.41, 5.74) is 4.28. The molecular formula is C66H70N6O3. The van der Waals surface area contributed by atoms with Crippen molar-refractivity contribution in [2.24, 2.45) is 46.9 Å². The lowest BCUT2D eigenvalue weighted by molar-refractivity contribution is -0.142. The predicted octanol–water partition coefficient (Wildman–Crippen LogP) is 21.0. The molecule has 9 rings (SSSR count). The summed E-state index contributed by atoms with van der Waals surface area (Å²) in [6.07, 6.45) is 5.86. The molecule has 0 spiro atoms. The molecule has 0 bridgehead atoms. The first kappa shape index (κ1) is 53.3. The van der Waals surface area contributed by atoms with Crippen LogP contribution in [0.2, 0.25) is 0 Å². The van der Waals surface area contributed by atoms with Gasteiger partial charge in [0, 0.05) is 27.0 Å². The third kappa shape index (κ3) is 11.5. The number of fused-ring (bicyclic) bond motifs is 3. The van der Waals surface area contributed by atoms with Gasteiger partial charge in [0.15, 0.2) is 0 Å². The molecule has 0 aliphatic heterocycles. The first-order valence-corrected chi connectivity index (χ1v) is 26.6. The van der Waals surface area contributed by atoms with E-state index in [2.05, 4.69) is 141 Å². The van der Waals surface area contributed by atoms with E-state index in [1.54, 1.807) is 7.11 Å². The van der Waals surface area contributed by atoms with Crippen LogP contribution in [-0.4, -0.2) is 20.3 Å². The highest BCUT2D eigenvalue weighted by atomic mass is 16.5. The average molecular weight is 995 g/mol. The summed E-state index contributed by atoms with van der Waals surface area (Å²) >= 11 is 0.